The van der Waals surface area contributed by atoms with Gasteiger partial charge in [-0.15, -0.1) is 0 Å². The Morgan fingerprint density at radius 2 is 1.89 bits per heavy atom. The predicted octanol–water partition coefficient (Wildman–Crippen LogP) is 6.11. The lowest BCUT2D eigenvalue weighted by molar-refractivity contribution is -0.137. The monoisotopic (exact) mass is 478 g/mol. The van der Waals surface area contributed by atoms with Crippen molar-refractivity contribution in [2.75, 3.05) is 18.4 Å². The van der Waals surface area contributed by atoms with Crippen molar-refractivity contribution in [3.05, 3.63) is 78.4 Å². The van der Waals surface area contributed by atoms with Gasteiger partial charge in [-0.25, -0.2) is 4.98 Å². The molecule has 1 aliphatic heterocycles. The molecule has 5 rings (SSSR count). The maximum atomic E-state index is 13.4. The number of pyridine rings is 2. The first-order valence-electron chi connectivity index (χ1n) is 11.5. The number of likely N-dealkylation sites (tertiary alicyclic amines) is 1. The van der Waals surface area contributed by atoms with Gasteiger partial charge in [-0.3, -0.25) is 15.0 Å². The van der Waals surface area contributed by atoms with E-state index in [1.807, 2.05) is 30.6 Å². The van der Waals surface area contributed by atoms with Gasteiger partial charge in [0.05, 0.1) is 16.8 Å². The number of H-pyrrole nitrogens is 1. The quantitative estimate of drug-likeness (QED) is 0.350. The highest BCUT2D eigenvalue weighted by Crippen LogP contribution is 2.35. The first-order chi connectivity index (χ1) is 16.9. The van der Waals surface area contributed by atoms with Gasteiger partial charge < -0.3 is 5.32 Å². The van der Waals surface area contributed by atoms with Crippen LogP contribution in [0.2, 0.25) is 0 Å². The topological polar surface area (TPSA) is 69.7 Å². The van der Waals surface area contributed by atoms with Crippen molar-refractivity contribution in [2.24, 2.45) is 0 Å². The van der Waals surface area contributed by atoms with E-state index in [2.05, 4.69) is 43.0 Å². The van der Waals surface area contributed by atoms with Crippen molar-refractivity contribution in [1.29, 1.82) is 0 Å². The molecule has 0 atom stereocenters. The third-order valence-electron chi connectivity index (χ3n) is 6.21. The van der Waals surface area contributed by atoms with Crippen molar-refractivity contribution >= 4 is 22.4 Å². The molecule has 1 aromatic carbocycles. The molecule has 0 saturated carbocycles. The first-order valence-corrected chi connectivity index (χ1v) is 11.5. The van der Waals surface area contributed by atoms with Crippen LogP contribution in [0.25, 0.3) is 27.7 Å². The summed E-state index contributed by atoms with van der Waals surface area (Å²) < 4.78 is 40.1. The van der Waals surface area contributed by atoms with Crippen molar-refractivity contribution in [3.8, 4) is 11.1 Å². The van der Waals surface area contributed by atoms with Gasteiger partial charge in [-0.05, 0) is 67.4 Å². The minimum absolute atomic E-state index is 0.217. The Hall–Kier alpha value is -3.72. The van der Waals surface area contributed by atoms with E-state index in [-0.39, 0.29) is 11.5 Å². The number of aromatic amines is 1. The highest BCUT2D eigenvalue weighted by Gasteiger charge is 2.34. The van der Waals surface area contributed by atoms with Crippen LogP contribution in [0.4, 0.5) is 19.0 Å². The molecule has 0 aliphatic carbocycles. The molecule has 180 valence electrons. The Morgan fingerprint density at radius 1 is 1.06 bits per heavy atom. The summed E-state index contributed by atoms with van der Waals surface area (Å²) in [5, 5.41) is 10.7. The molecule has 0 unspecified atom stereocenters. The van der Waals surface area contributed by atoms with Gasteiger partial charge in [-0.2, -0.15) is 18.3 Å². The molecular formula is C26H25F3N6. The standard InChI is InChI=1S/C26H25F3N6/c1-17(32-25-22(26(27,28)29)6-5-9-31-25)24-21-13-19(7-8-23(21)33-34-24)20-12-18(14-30-15-20)16-35-10-3-2-4-11-35/h5-9,12-15H,1-4,10-11,16H2,(H,31,32)(H,33,34). The van der Waals surface area contributed by atoms with Gasteiger partial charge in [0, 0.05) is 36.1 Å². The van der Waals surface area contributed by atoms with Gasteiger partial charge >= 0.3 is 6.18 Å². The van der Waals surface area contributed by atoms with Crippen molar-refractivity contribution in [2.45, 2.75) is 32.0 Å². The summed E-state index contributed by atoms with van der Waals surface area (Å²) in [6.07, 6.45) is 4.23. The lowest BCUT2D eigenvalue weighted by Gasteiger charge is -2.26. The Labute approximate surface area is 200 Å². The second kappa shape index (κ2) is 9.50. The number of nitrogens with one attached hydrogen (secondary N) is 2. The molecule has 6 nitrogen and oxygen atoms in total. The summed E-state index contributed by atoms with van der Waals surface area (Å²) >= 11 is 0. The lowest BCUT2D eigenvalue weighted by Crippen LogP contribution is -2.29. The van der Waals surface area contributed by atoms with Crippen LogP contribution in [0, 0.1) is 0 Å². The van der Waals surface area contributed by atoms with E-state index in [0.29, 0.717) is 5.69 Å². The third kappa shape index (κ3) is 5.05. The van der Waals surface area contributed by atoms with E-state index in [0.717, 1.165) is 53.3 Å². The summed E-state index contributed by atoms with van der Waals surface area (Å²) in [5.41, 5.74) is 3.59. The van der Waals surface area contributed by atoms with Gasteiger partial charge in [0.1, 0.15) is 11.5 Å². The molecule has 1 aliphatic rings. The molecule has 3 aromatic heterocycles. The van der Waals surface area contributed by atoms with Crippen LogP contribution < -0.4 is 5.32 Å². The van der Waals surface area contributed by atoms with Crippen molar-refractivity contribution in [3.63, 3.8) is 0 Å². The Kier molecular flexibility index (Phi) is 6.25. The highest BCUT2D eigenvalue weighted by molar-refractivity contribution is 5.95. The minimum Gasteiger partial charge on any atom is -0.338 e. The summed E-state index contributed by atoms with van der Waals surface area (Å²) in [7, 11) is 0. The van der Waals surface area contributed by atoms with E-state index < -0.39 is 11.7 Å². The Morgan fingerprint density at radius 3 is 2.69 bits per heavy atom. The molecule has 35 heavy (non-hydrogen) atoms. The average molecular weight is 479 g/mol. The Bertz CT molecular complexity index is 1350. The second-order valence-corrected chi connectivity index (χ2v) is 8.75. The van der Waals surface area contributed by atoms with Crippen LogP contribution in [0.3, 0.4) is 0 Å². The second-order valence-electron chi connectivity index (χ2n) is 8.75. The molecule has 4 aromatic rings. The number of aromatic nitrogens is 4. The number of anilines is 1. The molecule has 0 amide bonds. The molecule has 0 spiro atoms. The molecule has 1 saturated heterocycles. The summed E-state index contributed by atoms with van der Waals surface area (Å²) in [4.78, 5) is 10.7. The molecule has 2 N–H and O–H groups in total. The maximum absolute atomic E-state index is 13.4. The number of piperidine rings is 1. The SMILES string of the molecule is C=C(Nc1ncccc1C(F)(F)F)c1n[nH]c2ccc(-c3cncc(CN4CCCCC4)c3)cc12. The number of fused-ring (bicyclic) bond motifs is 1. The van der Waals surface area contributed by atoms with Gasteiger partial charge in [0.25, 0.3) is 0 Å². The smallest absolute Gasteiger partial charge is 0.338 e. The van der Waals surface area contributed by atoms with Crippen LogP contribution in [-0.2, 0) is 12.7 Å². The van der Waals surface area contributed by atoms with Gasteiger partial charge in [0.2, 0.25) is 0 Å². The third-order valence-corrected chi connectivity index (χ3v) is 6.21. The number of benzene rings is 1. The molecule has 0 radical (unpaired) electrons. The molecular weight excluding hydrogens is 453 g/mol. The predicted molar refractivity (Wildman–Crippen MR) is 130 cm³/mol. The fraction of sp³-hybridized carbons (Fsp3) is 0.269. The summed E-state index contributed by atoms with van der Waals surface area (Å²) in [6.45, 7) is 7.01. The normalized spacial score (nSPS) is 14.8. The van der Waals surface area contributed by atoms with E-state index >= 15 is 0 Å². The van der Waals surface area contributed by atoms with Crippen LogP contribution in [0.15, 0.2) is 61.6 Å². The Balaban J connectivity index is 1.42. The number of halogens is 3. The van der Waals surface area contributed by atoms with Crippen molar-refractivity contribution in [1.82, 2.24) is 25.1 Å². The number of hydrogen-bond acceptors (Lipinski definition) is 5. The number of nitrogens with zero attached hydrogens (tertiary/aromatic N) is 4. The summed E-state index contributed by atoms with van der Waals surface area (Å²) in [6, 6.07) is 10.2. The molecule has 1 fully saturated rings. The molecule has 4 heterocycles. The number of alkyl halides is 3. The van der Waals surface area contributed by atoms with E-state index in [1.165, 1.54) is 31.5 Å². The fourth-order valence-corrected chi connectivity index (χ4v) is 4.47. The zero-order valence-electron chi connectivity index (χ0n) is 19.1. The summed E-state index contributed by atoms with van der Waals surface area (Å²) in [5.74, 6) is -0.313. The van der Waals surface area contributed by atoms with Crippen LogP contribution in [0.5, 0.6) is 0 Å². The van der Waals surface area contributed by atoms with Crippen LogP contribution >= 0.6 is 0 Å². The van der Waals surface area contributed by atoms with E-state index in [9.17, 15) is 13.2 Å². The molecule has 0 bridgehead atoms. The minimum atomic E-state index is -4.54. The first kappa shape index (κ1) is 23.0. The largest absolute Gasteiger partial charge is 0.419 e. The maximum Gasteiger partial charge on any atom is 0.419 e. The van der Waals surface area contributed by atoms with Crippen LogP contribution in [0.1, 0.15) is 36.1 Å². The van der Waals surface area contributed by atoms with Crippen molar-refractivity contribution < 1.29 is 13.2 Å². The van der Waals surface area contributed by atoms with E-state index in [4.69, 9.17) is 0 Å². The van der Waals surface area contributed by atoms with E-state index in [1.54, 1.807) is 0 Å². The number of rotatable bonds is 6. The highest BCUT2D eigenvalue weighted by atomic mass is 19.4. The fourth-order valence-electron chi connectivity index (χ4n) is 4.47. The average Bonchev–Trinajstić information content (AvgIpc) is 3.28. The number of hydrogen-bond donors (Lipinski definition) is 2. The lowest BCUT2D eigenvalue weighted by atomic mass is 10.0. The van der Waals surface area contributed by atoms with Crippen LogP contribution in [-0.4, -0.2) is 38.2 Å². The van der Waals surface area contributed by atoms with Gasteiger partial charge in [-0.1, -0.05) is 19.1 Å². The zero-order chi connectivity index (χ0) is 24.4. The van der Waals surface area contributed by atoms with Gasteiger partial charge in [0.15, 0.2) is 0 Å². The molecule has 9 heteroatoms. The zero-order valence-corrected chi connectivity index (χ0v) is 19.1.